The number of nitrogens with one attached hydrogen (secondary N) is 1. The monoisotopic (exact) mass is 312 g/mol. The summed E-state index contributed by atoms with van der Waals surface area (Å²) >= 11 is 5.81. The number of nitrogens with two attached hydrogens (primary N) is 1. The van der Waals surface area contributed by atoms with E-state index in [2.05, 4.69) is 5.32 Å². The number of ether oxygens (including phenoxy) is 2. The predicted octanol–water partition coefficient (Wildman–Crippen LogP) is 2.84. The van der Waals surface area contributed by atoms with Crippen molar-refractivity contribution in [2.24, 2.45) is 0 Å². The zero-order chi connectivity index (χ0) is 15.1. The molecule has 1 aliphatic rings. The fourth-order valence-electron chi connectivity index (χ4n) is 2.18. The lowest BCUT2D eigenvalue weighted by Gasteiger charge is -2.22. The number of halogens is 1. The van der Waals surface area contributed by atoms with Crippen LogP contribution in [-0.2, 0) is 14.3 Å². The molecule has 6 heteroatoms. The van der Waals surface area contributed by atoms with Crippen molar-refractivity contribution in [3.63, 3.8) is 0 Å². The van der Waals surface area contributed by atoms with Crippen molar-refractivity contribution in [3.05, 3.63) is 23.2 Å². The van der Waals surface area contributed by atoms with Crippen molar-refractivity contribution in [1.29, 1.82) is 0 Å². The van der Waals surface area contributed by atoms with E-state index in [4.69, 9.17) is 26.8 Å². The smallest absolute Gasteiger partial charge is 0.226 e. The highest BCUT2D eigenvalue weighted by Gasteiger charge is 2.14. The first-order valence-corrected chi connectivity index (χ1v) is 7.57. The highest BCUT2D eigenvalue weighted by atomic mass is 35.5. The van der Waals surface area contributed by atoms with Crippen LogP contribution < -0.4 is 11.1 Å². The Labute approximate surface area is 129 Å². The maximum absolute atomic E-state index is 11.8. The first kappa shape index (κ1) is 16.1. The number of benzene rings is 1. The van der Waals surface area contributed by atoms with Gasteiger partial charge in [0.2, 0.25) is 5.91 Å². The molecule has 1 saturated heterocycles. The standard InChI is InChI=1S/C15H21ClN2O3/c16-11-4-5-14(13(17)9-11)18-15(19)6-8-20-10-12-3-1-2-7-21-12/h4-5,9,12H,1-3,6-8,10,17H2,(H,18,19). The fourth-order valence-corrected chi connectivity index (χ4v) is 2.36. The van der Waals surface area contributed by atoms with Gasteiger partial charge < -0.3 is 20.5 Å². The predicted molar refractivity (Wildman–Crippen MR) is 83.5 cm³/mol. The molecule has 1 unspecified atom stereocenters. The van der Waals surface area contributed by atoms with Gasteiger partial charge in [0, 0.05) is 11.6 Å². The second-order valence-corrected chi connectivity index (χ2v) is 5.53. The third kappa shape index (κ3) is 5.53. The van der Waals surface area contributed by atoms with Crippen LogP contribution in [0.3, 0.4) is 0 Å². The largest absolute Gasteiger partial charge is 0.397 e. The molecule has 1 aromatic carbocycles. The summed E-state index contributed by atoms with van der Waals surface area (Å²) in [6, 6.07) is 4.98. The second kappa shape index (κ2) is 8.22. The van der Waals surface area contributed by atoms with E-state index >= 15 is 0 Å². The van der Waals surface area contributed by atoms with E-state index in [-0.39, 0.29) is 18.4 Å². The molecule has 1 amide bonds. The summed E-state index contributed by atoms with van der Waals surface area (Å²) in [5.41, 5.74) is 6.80. The maximum atomic E-state index is 11.8. The highest BCUT2D eigenvalue weighted by Crippen LogP contribution is 2.22. The van der Waals surface area contributed by atoms with Crippen LogP contribution in [0.1, 0.15) is 25.7 Å². The Morgan fingerprint density at radius 1 is 1.48 bits per heavy atom. The lowest BCUT2D eigenvalue weighted by Crippen LogP contribution is -2.25. The Morgan fingerprint density at radius 2 is 2.33 bits per heavy atom. The molecule has 0 aromatic heterocycles. The summed E-state index contributed by atoms with van der Waals surface area (Å²) in [7, 11) is 0. The molecular formula is C15H21ClN2O3. The van der Waals surface area contributed by atoms with Crippen molar-refractivity contribution in [2.45, 2.75) is 31.8 Å². The number of carbonyl (C=O) groups is 1. The number of hydrogen-bond donors (Lipinski definition) is 2. The Morgan fingerprint density at radius 3 is 3.05 bits per heavy atom. The lowest BCUT2D eigenvalue weighted by atomic mass is 10.1. The van der Waals surface area contributed by atoms with Gasteiger partial charge in [-0.3, -0.25) is 4.79 Å². The quantitative estimate of drug-likeness (QED) is 0.626. The van der Waals surface area contributed by atoms with Gasteiger partial charge in [-0.05, 0) is 37.5 Å². The zero-order valence-electron chi connectivity index (χ0n) is 11.9. The topological polar surface area (TPSA) is 73.6 Å². The highest BCUT2D eigenvalue weighted by molar-refractivity contribution is 6.31. The number of rotatable bonds is 6. The first-order valence-electron chi connectivity index (χ1n) is 7.19. The van der Waals surface area contributed by atoms with Crippen molar-refractivity contribution in [2.75, 3.05) is 30.9 Å². The van der Waals surface area contributed by atoms with Crippen molar-refractivity contribution < 1.29 is 14.3 Å². The molecule has 0 aliphatic carbocycles. The molecule has 0 bridgehead atoms. The van der Waals surface area contributed by atoms with Gasteiger partial charge in [-0.25, -0.2) is 0 Å². The second-order valence-electron chi connectivity index (χ2n) is 5.09. The third-order valence-corrected chi connectivity index (χ3v) is 3.57. The van der Waals surface area contributed by atoms with Crippen molar-refractivity contribution in [3.8, 4) is 0 Å². The fraction of sp³-hybridized carbons (Fsp3) is 0.533. The third-order valence-electron chi connectivity index (χ3n) is 3.34. The van der Waals surface area contributed by atoms with Gasteiger partial charge in [0.05, 0.1) is 37.1 Å². The summed E-state index contributed by atoms with van der Waals surface area (Å²) in [4.78, 5) is 11.8. The van der Waals surface area contributed by atoms with E-state index in [9.17, 15) is 4.79 Å². The van der Waals surface area contributed by atoms with Crippen LogP contribution in [0.25, 0.3) is 0 Å². The zero-order valence-corrected chi connectivity index (χ0v) is 12.7. The molecular weight excluding hydrogens is 292 g/mol. The molecule has 1 atom stereocenters. The van der Waals surface area contributed by atoms with E-state index in [1.54, 1.807) is 18.2 Å². The molecule has 0 radical (unpaired) electrons. The number of hydrogen-bond acceptors (Lipinski definition) is 4. The molecule has 1 heterocycles. The Kier molecular flexibility index (Phi) is 6.29. The van der Waals surface area contributed by atoms with E-state index in [1.165, 1.54) is 6.42 Å². The molecule has 1 aromatic rings. The minimum Gasteiger partial charge on any atom is -0.397 e. The molecule has 3 N–H and O–H groups in total. The van der Waals surface area contributed by atoms with Gasteiger partial charge in [0.25, 0.3) is 0 Å². The minimum atomic E-state index is -0.131. The van der Waals surface area contributed by atoms with Gasteiger partial charge in [-0.2, -0.15) is 0 Å². The van der Waals surface area contributed by atoms with Crippen LogP contribution >= 0.6 is 11.6 Å². The van der Waals surface area contributed by atoms with Crippen LogP contribution in [0.2, 0.25) is 5.02 Å². The Bertz CT molecular complexity index is 476. The molecule has 0 saturated carbocycles. The number of anilines is 2. The molecule has 116 valence electrons. The van der Waals surface area contributed by atoms with E-state index in [0.717, 1.165) is 19.4 Å². The number of carbonyl (C=O) groups excluding carboxylic acids is 1. The van der Waals surface area contributed by atoms with Gasteiger partial charge in [-0.15, -0.1) is 0 Å². The van der Waals surface area contributed by atoms with Crippen LogP contribution in [0.5, 0.6) is 0 Å². The SMILES string of the molecule is Nc1cc(Cl)ccc1NC(=O)CCOCC1CCCCO1. The van der Waals surface area contributed by atoms with Crippen LogP contribution in [0.15, 0.2) is 18.2 Å². The van der Waals surface area contributed by atoms with E-state index in [0.29, 0.717) is 29.6 Å². The average molecular weight is 313 g/mol. The molecule has 2 rings (SSSR count). The molecule has 5 nitrogen and oxygen atoms in total. The van der Waals surface area contributed by atoms with Crippen LogP contribution in [-0.4, -0.2) is 31.8 Å². The van der Waals surface area contributed by atoms with Crippen molar-refractivity contribution in [1.82, 2.24) is 0 Å². The summed E-state index contributed by atoms with van der Waals surface area (Å²) in [6.45, 7) is 1.74. The summed E-state index contributed by atoms with van der Waals surface area (Å²) < 4.78 is 11.0. The number of nitrogen functional groups attached to an aromatic ring is 1. The lowest BCUT2D eigenvalue weighted by molar-refractivity contribution is -0.117. The van der Waals surface area contributed by atoms with Crippen LogP contribution in [0.4, 0.5) is 11.4 Å². The number of amides is 1. The molecule has 1 aliphatic heterocycles. The Balaban J connectivity index is 1.65. The average Bonchev–Trinajstić information content (AvgIpc) is 2.48. The molecule has 1 fully saturated rings. The van der Waals surface area contributed by atoms with Crippen molar-refractivity contribution >= 4 is 28.9 Å². The summed E-state index contributed by atoms with van der Waals surface area (Å²) in [5, 5.41) is 3.28. The molecule has 0 spiro atoms. The van der Waals surface area contributed by atoms with E-state index < -0.39 is 0 Å². The van der Waals surface area contributed by atoms with Crippen LogP contribution in [0, 0.1) is 0 Å². The van der Waals surface area contributed by atoms with Gasteiger partial charge in [0.15, 0.2) is 0 Å². The minimum absolute atomic E-state index is 0.131. The van der Waals surface area contributed by atoms with Gasteiger partial charge in [-0.1, -0.05) is 11.6 Å². The molecule has 21 heavy (non-hydrogen) atoms. The van der Waals surface area contributed by atoms with Gasteiger partial charge >= 0.3 is 0 Å². The first-order chi connectivity index (χ1) is 10.1. The van der Waals surface area contributed by atoms with E-state index in [1.807, 2.05) is 0 Å². The summed E-state index contributed by atoms with van der Waals surface area (Å²) in [5.74, 6) is -0.131. The normalized spacial score (nSPS) is 18.4. The maximum Gasteiger partial charge on any atom is 0.226 e. The van der Waals surface area contributed by atoms with Gasteiger partial charge in [0.1, 0.15) is 0 Å². The Hall–Kier alpha value is -1.30. The summed E-state index contributed by atoms with van der Waals surface area (Å²) in [6.07, 6.45) is 3.81.